The topological polar surface area (TPSA) is 77.5 Å². The molecule has 1 aromatic carbocycles. The van der Waals surface area contributed by atoms with E-state index in [0.29, 0.717) is 13.2 Å². The van der Waals surface area contributed by atoms with Gasteiger partial charge in [0.2, 0.25) is 5.88 Å². The minimum atomic E-state index is -0.634. The quantitative estimate of drug-likeness (QED) is 0.413. The van der Waals surface area contributed by atoms with E-state index in [4.69, 9.17) is 9.47 Å². The van der Waals surface area contributed by atoms with E-state index in [1.165, 1.54) is 11.8 Å². The highest BCUT2D eigenvalue weighted by molar-refractivity contribution is 7.99. The third-order valence-electron chi connectivity index (χ3n) is 3.32. The molecule has 0 saturated heterocycles. The maximum Gasteiger partial charge on any atom is 0.344 e. The number of carbonyl (C=O) groups excluding carboxylic acids is 2. The van der Waals surface area contributed by atoms with Crippen molar-refractivity contribution in [2.24, 2.45) is 0 Å². The second-order valence-corrected chi connectivity index (χ2v) is 6.55. The van der Waals surface area contributed by atoms with Crippen LogP contribution in [0, 0.1) is 6.92 Å². The van der Waals surface area contributed by atoms with Crippen LogP contribution in [0.3, 0.4) is 0 Å². The maximum atomic E-state index is 12.1. The smallest absolute Gasteiger partial charge is 0.344 e. The van der Waals surface area contributed by atoms with Gasteiger partial charge in [0.15, 0.2) is 6.61 Å². The van der Waals surface area contributed by atoms with Gasteiger partial charge in [0, 0.05) is 23.4 Å². The van der Waals surface area contributed by atoms with Gasteiger partial charge in [0.05, 0.1) is 6.61 Å². The van der Waals surface area contributed by atoms with Gasteiger partial charge in [-0.15, -0.1) is 11.8 Å². The molecule has 26 heavy (non-hydrogen) atoms. The highest BCUT2D eigenvalue weighted by Gasteiger charge is 2.16. The van der Waals surface area contributed by atoms with Crippen LogP contribution in [0.5, 0.6) is 5.88 Å². The Morgan fingerprint density at radius 2 is 1.96 bits per heavy atom. The minimum absolute atomic E-state index is 0.204. The van der Waals surface area contributed by atoms with Crippen molar-refractivity contribution in [1.82, 2.24) is 10.3 Å². The molecule has 0 aliphatic carbocycles. The third-order valence-corrected chi connectivity index (χ3v) is 4.33. The summed E-state index contributed by atoms with van der Waals surface area (Å²) in [6.07, 6.45) is 1.53. The number of aryl methyl sites for hydroxylation is 1. The lowest BCUT2D eigenvalue weighted by Crippen LogP contribution is -2.30. The SMILES string of the molecule is CCOc1ncccc1C(=O)OCC(=O)NCCSc1ccc(C)cc1. The molecule has 1 N–H and O–H groups in total. The van der Waals surface area contributed by atoms with Gasteiger partial charge in [-0.25, -0.2) is 9.78 Å². The molecule has 7 heteroatoms. The molecule has 0 bridgehead atoms. The number of rotatable bonds is 9. The zero-order valence-electron chi connectivity index (χ0n) is 14.9. The zero-order chi connectivity index (χ0) is 18.8. The van der Waals surface area contributed by atoms with Crippen molar-refractivity contribution in [3.05, 3.63) is 53.7 Å². The number of thioether (sulfide) groups is 1. The summed E-state index contributed by atoms with van der Waals surface area (Å²) in [5.74, 6) is -0.0369. The van der Waals surface area contributed by atoms with E-state index in [-0.39, 0.29) is 24.0 Å². The monoisotopic (exact) mass is 374 g/mol. The second-order valence-electron chi connectivity index (χ2n) is 5.38. The number of aromatic nitrogens is 1. The number of pyridine rings is 1. The Hall–Kier alpha value is -2.54. The van der Waals surface area contributed by atoms with Crippen LogP contribution in [0.25, 0.3) is 0 Å². The van der Waals surface area contributed by atoms with Crippen molar-refractivity contribution >= 4 is 23.6 Å². The van der Waals surface area contributed by atoms with Crippen molar-refractivity contribution in [2.75, 3.05) is 25.5 Å². The fraction of sp³-hybridized carbons (Fsp3) is 0.316. The molecule has 0 unspecified atom stereocenters. The summed E-state index contributed by atoms with van der Waals surface area (Å²) in [5.41, 5.74) is 1.42. The van der Waals surface area contributed by atoms with Crippen molar-refractivity contribution in [1.29, 1.82) is 0 Å². The van der Waals surface area contributed by atoms with E-state index < -0.39 is 5.97 Å². The van der Waals surface area contributed by atoms with E-state index in [9.17, 15) is 9.59 Å². The number of hydrogen-bond acceptors (Lipinski definition) is 6. The predicted molar refractivity (Wildman–Crippen MR) is 101 cm³/mol. The van der Waals surface area contributed by atoms with Gasteiger partial charge in [0.1, 0.15) is 5.56 Å². The van der Waals surface area contributed by atoms with Crippen LogP contribution in [0.4, 0.5) is 0 Å². The van der Waals surface area contributed by atoms with E-state index in [2.05, 4.69) is 22.4 Å². The number of carbonyl (C=O) groups is 2. The third kappa shape index (κ3) is 6.40. The lowest BCUT2D eigenvalue weighted by atomic mass is 10.2. The van der Waals surface area contributed by atoms with Crippen LogP contribution in [-0.2, 0) is 9.53 Å². The molecule has 1 heterocycles. The predicted octanol–water partition coefficient (Wildman–Crippen LogP) is 2.85. The number of nitrogens with one attached hydrogen (secondary N) is 1. The summed E-state index contributed by atoms with van der Waals surface area (Å²) in [5, 5.41) is 2.73. The average molecular weight is 374 g/mol. The van der Waals surface area contributed by atoms with Crippen LogP contribution in [0.15, 0.2) is 47.5 Å². The molecule has 2 rings (SSSR count). The summed E-state index contributed by atoms with van der Waals surface area (Å²) in [4.78, 5) is 29.0. The molecule has 2 aromatic rings. The first-order chi connectivity index (χ1) is 12.6. The first-order valence-corrected chi connectivity index (χ1v) is 9.29. The second kappa shape index (κ2) is 10.5. The largest absolute Gasteiger partial charge is 0.477 e. The van der Waals surface area contributed by atoms with Gasteiger partial charge in [-0.1, -0.05) is 17.7 Å². The lowest BCUT2D eigenvalue weighted by Gasteiger charge is -2.09. The molecule has 1 aromatic heterocycles. The molecule has 1 amide bonds. The van der Waals surface area contributed by atoms with Crippen LogP contribution < -0.4 is 10.1 Å². The van der Waals surface area contributed by atoms with Crippen LogP contribution in [0.2, 0.25) is 0 Å². The number of ether oxygens (including phenoxy) is 2. The van der Waals surface area contributed by atoms with Crippen molar-refractivity contribution in [3.8, 4) is 5.88 Å². The fourth-order valence-corrected chi connectivity index (χ4v) is 2.82. The Labute approximate surface area is 157 Å². The summed E-state index contributed by atoms with van der Waals surface area (Å²) in [6.45, 7) is 4.38. The molecule has 0 aliphatic rings. The molecule has 0 saturated carbocycles. The number of amides is 1. The molecular weight excluding hydrogens is 352 g/mol. The molecule has 0 radical (unpaired) electrons. The molecule has 0 spiro atoms. The van der Waals surface area contributed by atoms with Gasteiger partial charge < -0.3 is 14.8 Å². The molecule has 6 nitrogen and oxygen atoms in total. The van der Waals surface area contributed by atoms with E-state index in [0.717, 1.165) is 10.6 Å². The van der Waals surface area contributed by atoms with E-state index in [1.54, 1.807) is 30.8 Å². The highest BCUT2D eigenvalue weighted by atomic mass is 32.2. The Morgan fingerprint density at radius 1 is 1.19 bits per heavy atom. The maximum absolute atomic E-state index is 12.1. The van der Waals surface area contributed by atoms with Gasteiger partial charge in [-0.05, 0) is 38.1 Å². The summed E-state index contributed by atoms with van der Waals surface area (Å²) >= 11 is 1.65. The Bertz CT molecular complexity index is 735. The Kier molecular flexibility index (Phi) is 7.95. The fourth-order valence-electron chi connectivity index (χ4n) is 2.05. The van der Waals surface area contributed by atoms with Gasteiger partial charge in [0.25, 0.3) is 5.91 Å². The van der Waals surface area contributed by atoms with E-state index in [1.807, 2.05) is 19.1 Å². The minimum Gasteiger partial charge on any atom is -0.477 e. The van der Waals surface area contributed by atoms with Crippen molar-refractivity contribution in [2.45, 2.75) is 18.7 Å². The number of benzene rings is 1. The standard InChI is InChI=1S/C19H22N2O4S/c1-3-24-18-16(5-4-10-21-18)19(23)25-13-17(22)20-11-12-26-15-8-6-14(2)7-9-15/h4-10H,3,11-13H2,1-2H3,(H,20,22). The Balaban J connectivity index is 1.70. The number of hydrogen-bond donors (Lipinski definition) is 1. The molecule has 138 valence electrons. The van der Waals surface area contributed by atoms with Crippen LogP contribution in [0.1, 0.15) is 22.8 Å². The normalized spacial score (nSPS) is 10.2. The van der Waals surface area contributed by atoms with Crippen molar-refractivity contribution < 1.29 is 19.1 Å². The summed E-state index contributed by atoms with van der Waals surface area (Å²) in [6, 6.07) is 11.4. The first kappa shape index (κ1) is 19.8. The molecule has 0 fully saturated rings. The van der Waals surface area contributed by atoms with Gasteiger partial charge in [-0.2, -0.15) is 0 Å². The lowest BCUT2D eigenvalue weighted by molar-refractivity contribution is -0.124. The number of esters is 1. The van der Waals surface area contributed by atoms with Crippen LogP contribution >= 0.6 is 11.8 Å². The average Bonchev–Trinajstić information content (AvgIpc) is 2.65. The van der Waals surface area contributed by atoms with Gasteiger partial charge >= 0.3 is 5.97 Å². The van der Waals surface area contributed by atoms with Gasteiger partial charge in [-0.3, -0.25) is 4.79 Å². The van der Waals surface area contributed by atoms with E-state index >= 15 is 0 Å². The highest BCUT2D eigenvalue weighted by Crippen LogP contribution is 2.17. The summed E-state index contributed by atoms with van der Waals surface area (Å²) in [7, 11) is 0. The van der Waals surface area contributed by atoms with Crippen LogP contribution in [-0.4, -0.2) is 42.4 Å². The molecule has 0 atom stereocenters. The molecule has 0 aliphatic heterocycles. The Morgan fingerprint density at radius 3 is 2.69 bits per heavy atom. The number of nitrogens with zero attached hydrogens (tertiary/aromatic N) is 1. The van der Waals surface area contributed by atoms with Crippen molar-refractivity contribution in [3.63, 3.8) is 0 Å². The summed E-state index contributed by atoms with van der Waals surface area (Å²) < 4.78 is 10.3. The zero-order valence-corrected chi connectivity index (χ0v) is 15.7. The first-order valence-electron chi connectivity index (χ1n) is 8.31. The molecular formula is C19H22N2O4S.